The number of aliphatic carboxylic acids is 1. The van der Waals surface area contributed by atoms with Crippen LogP contribution >= 0.6 is 0 Å². The first-order valence-electron chi connectivity index (χ1n) is 12.7. The maximum Gasteiger partial charge on any atom is 0.327 e. The van der Waals surface area contributed by atoms with Gasteiger partial charge < -0.3 is 14.9 Å². The highest BCUT2D eigenvalue weighted by Crippen LogP contribution is 2.49. The first kappa shape index (κ1) is 24.8. The number of fused-ring (bicyclic) bond motifs is 2. The fourth-order valence-electron chi connectivity index (χ4n) is 5.88. The Bertz CT molecular complexity index is 1570. The van der Waals surface area contributed by atoms with Gasteiger partial charge in [-0.3, -0.25) is 24.6 Å². The number of carboxylic acids is 1. The van der Waals surface area contributed by atoms with Crippen molar-refractivity contribution in [2.75, 3.05) is 6.61 Å². The summed E-state index contributed by atoms with van der Waals surface area (Å²) in [6.07, 6.45) is 0. The van der Waals surface area contributed by atoms with Gasteiger partial charge in [-0.1, -0.05) is 72.8 Å². The lowest BCUT2D eigenvalue weighted by atomic mass is 9.79. The number of carboxylic acid groups (broad SMARTS) is 1. The molecule has 3 N–H and O–H groups in total. The average Bonchev–Trinajstić information content (AvgIpc) is 3.44. The molecule has 2 fully saturated rings. The molecule has 4 unspecified atom stereocenters. The number of para-hydroxylation sites is 1. The molecule has 2 aliphatic heterocycles. The molecule has 0 spiro atoms. The number of amides is 2. The molecule has 8 heteroatoms. The Balaban J connectivity index is 1.34. The predicted octanol–water partition coefficient (Wildman–Crippen LogP) is 3.89. The van der Waals surface area contributed by atoms with Crippen molar-refractivity contribution in [1.29, 1.82) is 0 Å². The molecule has 4 atom stereocenters. The number of hydrogen-bond donors (Lipinski definition) is 3. The third-order valence-corrected chi connectivity index (χ3v) is 7.80. The molecule has 2 saturated heterocycles. The van der Waals surface area contributed by atoms with Crippen LogP contribution < -0.4 is 10.1 Å². The van der Waals surface area contributed by atoms with Crippen molar-refractivity contribution in [2.45, 2.75) is 18.1 Å². The molecule has 4 aromatic carbocycles. The Hall–Kier alpha value is -4.53. The lowest BCUT2D eigenvalue weighted by Gasteiger charge is -2.29. The van der Waals surface area contributed by atoms with E-state index in [1.54, 1.807) is 24.3 Å². The molecule has 0 radical (unpaired) electrons. The Morgan fingerprint density at radius 3 is 2.23 bits per heavy atom. The Morgan fingerprint density at radius 2 is 1.51 bits per heavy atom. The molecule has 2 amide bonds. The van der Waals surface area contributed by atoms with Crippen molar-refractivity contribution in [1.82, 2.24) is 10.2 Å². The third kappa shape index (κ3) is 4.05. The minimum Gasteiger partial charge on any atom is -0.480 e. The number of benzene rings is 4. The number of imide groups is 1. The quantitative estimate of drug-likeness (QED) is 0.315. The van der Waals surface area contributed by atoms with Gasteiger partial charge in [0.25, 0.3) is 0 Å². The SMILES string of the molecule is O=C1C2C(c3ccc(Oc4ccccc4)cc3)NC(CO)(C(=O)O)C2C(=O)N1Cc1cccc2ccccc12. The number of rotatable bonds is 7. The molecule has 0 aliphatic carbocycles. The van der Waals surface area contributed by atoms with E-state index in [-0.39, 0.29) is 6.54 Å². The molecule has 6 rings (SSSR count). The van der Waals surface area contributed by atoms with E-state index in [2.05, 4.69) is 5.32 Å². The average molecular weight is 523 g/mol. The zero-order valence-electron chi connectivity index (χ0n) is 20.9. The van der Waals surface area contributed by atoms with E-state index >= 15 is 0 Å². The summed E-state index contributed by atoms with van der Waals surface area (Å²) >= 11 is 0. The van der Waals surface area contributed by atoms with Crippen LogP contribution in [0.4, 0.5) is 0 Å². The summed E-state index contributed by atoms with van der Waals surface area (Å²) in [6.45, 7) is -0.819. The van der Waals surface area contributed by atoms with Crippen molar-refractivity contribution in [3.8, 4) is 11.5 Å². The summed E-state index contributed by atoms with van der Waals surface area (Å²) in [4.78, 5) is 41.2. The first-order chi connectivity index (χ1) is 18.9. The zero-order valence-corrected chi connectivity index (χ0v) is 20.9. The highest BCUT2D eigenvalue weighted by Gasteiger charge is 2.68. The summed E-state index contributed by atoms with van der Waals surface area (Å²) < 4.78 is 5.86. The molecule has 0 aromatic heterocycles. The van der Waals surface area contributed by atoms with E-state index in [1.165, 1.54) is 0 Å². The van der Waals surface area contributed by atoms with Crippen LogP contribution in [0.1, 0.15) is 17.2 Å². The summed E-state index contributed by atoms with van der Waals surface area (Å²) in [5, 5.41) is 25.3. The van der Waals surface area contributed by atoms with Crippen LogP contribution in [0.2, 0.25) is 0 Å². The third-order valence-electron chi connectivity index (χ3n) is 7.80. The van der Waals surface area contributed by atoms with Crippen molar-refractivity contribution in [3.63, 3.8) is 0 Å². The number of nitrogens with one attached hydrogen (secondary N) is 1. The second-order valence-electron chi connectivity index (χ2n) is 9.95. The van der Waals surface area contributed by atoms with E-state index in [9.17, 15) is 24.6 Å². The van der Waals surface area contributed by atoms with Crippen LogP contribution in [0.5, 0.6) is 11.5 Å². The number of nitrogens with zero attached hydrogens (tertiary/aromatic N) is 1. The van der Waals surface area contributed by atoms with Crippen LogP contribution in [0.15, 0.2) is 97.1 Å². The number of likely N-dealkylation sites (tertiary alicyclic amines) is 1. The van der Waals surface area contributed by atoms with Gasteiger partial charge >= 0.3 is 5.97 Å². The molecule has 2 heterocycles. The van der Waals surface area contributed by atoms with Crippen molar-refractivity contribution < 1.29 is 29.3 Å². The van der Waals surface area contributed by atoms with E-state index < -0.39 is 47.8 Å². The highest BCUT2D eigenvalue weighted by molar-refractivity contribution is 6.09. The fourth-order valence-corrected chi connectivity index (χ4v) is 5.88. The van der Waals surface area contributed by atoms with Crippen molar-refractivity contribution in [2.24, 2.45) is 11.8 Å². The summed E-state index contributed by atoms with van der Waals surface area (Å²) in [7, 11) is 0. The van der Waals surface area contributed by atoms with E-state index in [4.69, 9.17) is 4.74 Å². The predicted molar refractivity (Wildman–Crippen MR) is 143 cm³/mol. The Morgan fingerprint density at radius 1 is 0.846 bits per heavy atom. The van der Waals surface area contributed by atoms with E-state index in [1.807, 2.05) is 72.8 Å². The minimum absolute atomic E-state index is 0.0176. The monoisotopic (exact) mass is 522 g/mol. The van der Waals surface area contributed by atoms with Crippen LogP contribution in [0.3, 0.4) is 0 Å². The number of aliphatic hydroxyl groups excluding tert-OH is 1. The molecule has 2 aliphatic rings. The molecular formula is C31H26N2O6. The highest BCUT2D eigenvalue weighted by atomic mass is 16.5. The normalized spacial score (nSPS) is 24.2. The summed E-state index contributed by atoms with van der Waals surface area (Å²) in [5.74, 6) is -3.46. The molecule has 39 heavy (non-hydrogen) atoms. The van der Waals surface area contributed by atoms with Crippen LogP contribution in [-0.2, 0) is 20.9 Å². The zero-order chi connectivity index (χ0) is 27.1. The topological polar surface area (TPSA) is 116 Å². The van der Waals surface area contributed by atoms with Gasteiger partial charge in [0.1, 0.15) is 11.5 Å². The van der Waals surface area contributed by atoms with Gasteiger partial charge in [0.2, 0.25) is 11.8 Å². The van der Waals surface area contributed by atoms with Gasteiger partial charge in [-0.2, -0.15) is 0 Å². The second kappa shape index (κ2) is 9.65. The maximum atomic E-state index is 13.8. The van der Waals surface area contributed by atoms with Gasteiger partial charge in [0.05, 0.1) is 25.0 Å². The van der Waals surface area contributed by atoms with Crippen LogP contribution in [0, 0.1) is 11.8 Å². The van der Waals surface area contributed by atoms with Gasteiger partial charge in [0, 0.05) is 6.04 Å². The molecule has 0 saturated carbocycles. The standard InChI is InChI=1S/C31H26N2O6/c34-18-31(30(37)38)26-25(27(32-31)20-13-15-23(16-14-20)39-22-10-2-1-3-11-22)28(35)33(29(26)36)17-21-9-6-8-19-7-4-5-12-24(19)21/h1-16,25-27,32,34H,17-18H2,(H,37,38). The van der Waals surface area contributed by atoms with Gasteiger partial charge in [-0.15, -0.1) is 0 Å². The first-order valence-corrected chi connectivity index (χ1v) is 12.7. The number of ether oxygens (including phenoxy) is 1. The van der Waals surface area contributed by atoms with Crippen molar-refractivity contribution >= 4 is 28.6 Å². The largest absolute Gasteiger partial charge is 0.480 e. The maximum absolute atomic E-state index is 13.8. The number of carbonyl (C=O) groups excluding carboxylic acids is 2. The molecular weight excluding hydrogens is 496 g/mol. The minimum atomic E-state index is -1.99. The van der Waals surface area contributed by atoms with Gasteiger partial charge in [-0.05, 0) is 46.2 Å². The number of aliphatic hydroxyl groups is 1. The van der Waals surface area contributed by atoms with Gasteiger partial charge in [0.15, 0.2) is 5.54 Å². The molecule has 0 bridgehead atoms. The summed E-state index contributed by atoms with van der Waals surface area (Å²) in [6, 6.07) is 28.8. The van der Waals surface area contributed by atoms with E-state index in [0.717, 1.165) is 21.2 Å². The molecule has 8 nitrogen and oxygen atoms in total. The lowest BCUT2D eigenvalue weighted by molar-refractivity contribution is -0.153. The number of carbonyl (C=O) groups is 3. The molecule has 196 valence electrons. The second-order valence-corrected chi connectivity index (χ2v) is 9.95. The smallest absolute Gasteiger partial charge is 0.327 e. The van der Waals surface area contributed by atoms with Crippen molar-refractivity contribution in [3.05, 3.63) is 108 Å². The Kier molecular flexibility index (Phi) is 6.13. The van der Waals surface area contributed by atoms with Crippen LogP contribution in [0.25, 0.3) is 10.8 Å². The Labute approximate surface area is 224 Å². The molecule has 4 aromatic rings. The lowest BCUT2D eigenvalue weighted by Crippen LogP contribution is -2.58. The number of hydrogen-bond acceptors (Lipinski definition) is 6. The van der Waals surface area contributed by atoms with Crippen LogP contribution in [-0.4, -0.2) is 45.0 Å². The van der Waals surface area contributed by atoms with Gasteiger partial charge in [-0.25, -0.2) is 0 Å². The van der Waals surface area contributed by atoms with E-state index in [0.29, 0.717) is 17.1 Å². The summed E-state index contributed by atoms with van der Waals surface area (Å²) in [5.41, 5.74) is -0.587. The fraction of sp³-hybridized carbons (Fsp3) is 0.194.